The third-order valence-corrected chi connectivity index (χ3v) is 4.72. The standard InChI is InChI=1S/C20H21N3O5/c1-28-16-6-9-21-17(12-16)18(24)22-15-4-2-13(3-5-15)19(25)23-10-7-14(8-11-23)20(26)27/h2-6,9,12,14H,7-8,10-11H2,1H3,(H,22,24)(H,26,27). The highest BCUT2D eigenvalue weighted by atomic mass is 16.5. The number of likely N-dealkylation sites (tertiary alicyclic amines) is 1. The zero-order valence-corrected chi connectivity index (χ0v) is 15.4. The van der Waals surface area contributed by atoms with E-state index in [1.165, 1.54) is 19.4 Å². The van der Waals surface area contributed by atoms with E-state index >= 15 is 0 Å². The summed E-state index contributed by atoms with van der Waals surface area (Å²) in [7, 11) is 1.51. The lowest BCUT2D eigenvalue weighted by Gasteiger charge is -2.30. The first-order chi connectivity index (χ1) is 13.5. The molecule has 2 N–H and O–H groups in total. The summed E-state index contributed by atoms with van der Waals surface area (Å²) in [4.78, 5) is 41.5. The normalized spacial score (nSPS) is 14.4. The summed E-state index contributed by atoms with van der Waals surface area (Å²) in [6.45, 7) is 0.853. The number of aliphatic carboxylic acids is 1. The topological polar surface area (TPSA) is 109 Å². The number of pyridine rings is 1. The van der Waals surface area contributed by atoms with Crippen LogP contribution in [-0.4, -0.2) is 53.0 Å². The Morgan fingerprint density at radius 1 is 1.14 bits per heavy atom. The molecule has 0 bridgehead atoms. The van der Waals surface area contributed by atoms with E-state index in [0.717, 1.165) is 0 Å². The van der Waals surface area contributed by atoms with Crippen molar-refractivity contribution in [2.45, 2.75) is 12.8 Å². The molecule has 0 spiro atoms. The molecule has 0 atom stereocenters. The predicted octanol–water partition coefficient (Wildman–Crippen LogP) is 2.28. The lowest BCUT2D eigenvalue weighted by Crippen LogP contribution is -2.40. The molecule has 2 amide bonds. The lowest BCUT2D eigenvalue weighted by molar-refractivity contribution is -0.143. The average Bonchev–Trinajstić information content (AvgIpc) is 2.74. The molecule has 0 unspecified atom stereocenters. The number of anilines is 1. The minimum Gasteiger partial charge on any atom is -0.497 e. The molecule has 146 valence electrons. The number of hydrogen-bond donors (Lipinski definition) is 2. The van der Waals surface area contributed by atoms with Gasteiger partial charge in [-0.1, -0.05) is 0 Å². The number of hydrogen-bond acceptors (Lipinski definition) is 5. The van der Waals surface area contributed by atoms with Gasteiger partial charge in [0.25, 0.3) is 11.8 Å². The summed E-state index contributed by atoms with van der Waals surface area (Å²) < 4.78 is 5.08. The van der Waals surface area contributed by atoms with E-state index in [9.17, 15) is 14.4 Å². The van der Waals surface area contributed by atoms with Crippen molar-refractivity contribution < 1.29 is 24.2 Å². The maximum Gasteiger partial charge on any atom is 0.306 e. The van der Waals surface area contributed by atoms with Crippen molar-refractivity contribution in [3.63, 3.8) is 0 Å². The van der Waals surface area contributed by atoms with E-state index in [0.29, 0.717) is 42.9 Å². The molecule has 8 nitrogen and oxygen atoms in total. The fourth-order valence-electron chi connectivity index (χ4n) is 3.07. The van der Waals surface area contributed by atoms with Gasteiger partial charge in [0, 0.05) is 36.6 Å². The summed E-state index contributed by atoms with van der Waals surface area (Å²) in [6.07, 6.45) is 2.41. The number of nitrogens with one attached hydrogen (secondary N) is 1. The van der Waals surface area contributed by atoms with E-state index in [-0.39, 0.29) is 23.4 Å². The highest BCUT2D eigenvalue weighted by Crippen LogP contribution is 2.20. The van der Waals surface area contributed by atoms with Crippen molar-refractivity contribution in [1.82, 2.24) is 9.88 Å². The second-order valence-electron chi connectivity index (χ2n) is 6.52. The second kappa shape index (κ2) is 8.51. The molecule has 0 radical (unpaired) electrons. The molecular weight excluding hydrogens is 362 g/mol. The van der Waals surface area contributed by atoms with Crippen LogP contribution in [0.4, 0.5) is 5.69 Å². The fraction of sp³-hybridized carbons (Fsp3) is 0.300. The number of carboxylic acid groups (broad SMARTS) is 1. The number of rotatable bonds is 5. The van der Waals surface area contributed by atoms with Crippen molar-refractivity contribution >= 4 is 23.5 Å². The SMILES string of the molecule is COc1ccnc(C(=O)Nc2ccc(C(=O)N3CCC(C(=O)O)CC3)cc2)c1. The van der Waals surface area contributed by atoms with Crippen LogP contribution in [0.3, 0.4) is 0 Å². The van der Waals surface area contributed by atoms with Crippen molar-refractivity contribution in [2.75, 3.05) is 25.5 Å². The number of amides is 2. The molecule has 2 aromatic rings. The monoisotopic (exact) mass is 383 g/mol. The van der Waals surface area contributed by atoms with Crippen molar-refractivity contribution in [3.05, 3.63) is 53.9 Å². The van der Waals surface area contributed by atoms with Crippen LogP contribution in [0.2, 0.25) is 0 Å². The Kier molecular flexibility index (Phi) is 5.88. The van der Waals surface area contributed by atoms with E-state index in [4.69, 9.17) is 9.84 Å². The Morgan fingerprint density at radius 3 is 2.43 bits per heavy atom. The number of methoxy groups -OCH3 is 1. The number of carboxylic acids is 1. The van der Waals surface area contributed by atoms with Gasteiger partial charge in [-0.15, -0.1) is 0 Å². The fourth-order valence-corrected chi connectivity index (χ4v) is 3.07. The molecule has 1 aliphatic heterocycles. The molecule has 1 aromatic heterocycles. The zero-order valence-electron chi connectivity index (χ0n) is 15.4. The second-order valence-corrected chi connectivity index (χ2v) is 6.52. The number of piperidine rings is 1. The summed E-state index contributed by atoms with van der Waals surface area (Å²) in [5.41, 5.74) is 1.25. The Morgan fingerprint density at radius 2 is 1.82 bits per heavy atom. The summed E-state index contributed by atoms with van der Waals surface area (Å²) in [5.74, 6) is -1.18. The average molecular weight is 383 g/mol. The van der Waals surface area contributed by atoms with Crippen LogP contribution in [0.15, 0.2) is 42.6 Å². The van der Waals surface area contributed by atoms with Gasteiger partial charge in [-0.05, 0) is 43.2 Å². The minimum absolute atomic E-state index is 0.142. The summed E-state index contributed by atoms with van der Waals surface area (Å²) in [5, 5.41) is 11.8. The first-order valence-corrected chi connectivity index (χ1v) is 8.91. The van der Waals surface area contributed by atoms with Crippen LogP contribution < -0.4 is 10.1 Å². The summed E-state index contributed by atoms with van der Waals surface area (Å²) >= 11 is 0. The van der Waals surface area contributed by atoms with Gasteiger partial charge in [0.15, 0.2) is 0 Å². The molecule has 28 heavy (non-hydrogen) atoms. The van der Waals surface area contributed by atoms with Crippen LogP contribution >= 0.6 is 0 Å². The van der Waals surface area contributed by atoms with Crippen LogP contribution in [0.1, 0.15) is 33.7 Å². The highest BCUT2D eigenvalue weighted by molar-refractivity contribution is 6.03. The van der Waals surface area contributed by atoms with E-state index in [2.05, 4.69) is 10.3 Å². The zero-order chi connectivity index (χ0) is 20.1. The number of benzene rings is 1. The van der Waals surface area contributed by atoms with Gasteiger partial charge >= 0.3 is 5.97 Å². The third-order valence-electron chi connectivity index (χ3n) is 4.72. The maximum absolute atomic E-state index is 12.6. The number of nitrogens with zero attached hydrogens (tertiary/aromatic N) is 2. The van der Waals surface area contributed by atoms with Gasteiger partial charge < -0.3 is 20.1 Å². The number of aromatic nitrogens is 1. The largest absolute Gasteiger partial charge is 0.497 e. The quantitative estimate of drug-likeness (QED) is 0.820. The van der Waals surface area contributed by atoms with E-state index in [1.54, 1.807) is 35.2 Å². The molecule has 8 heteroatoms. The number of carbonyl (C=O) groups excluding carboxylic acids is 2. The molecule has 0 aliphatic carbocycles. The van der Waals surface area contributed by atoms with Crippen molar-refractivity contribution in [2.24, 2.45) is 5.92 Å². The molecule has 1 fully saturated rings. The van der Waals surface area contributed by atoms with Crippen LogP contribution in [0, 0.1) is 5.92 Å². The van der Waals surface area contributed by atoms with Gasteiger partial charge in [-0.25, -0.2) is 0 Å². The molecule has 0 saturated carbocycles. The number of carbonyl (C=O) groups is 3. The first-order valence-electron chi connectivity index (χ1n) is 8.91. The Labute approximate surface area is 162 Å². The predicted molar refractivity (Wildman–Crippen MR) is 101 cm³/mol. The van der Waals surface area contributed by atoms with Crippen LogP contribution in [-0.2, 0) is 4.79 Å². The maximum atomic E-state index is 12.6. The molecule has 1 saturated heterocycles. The van der Waals surface area contributed by atoms with E-state index in [1.807, 2.05) is 0 Å². The first kappa shape index (κ1) is 19.3. The van der Waals surface area contributed by atoms with Gasteiger partial charge in [-0.3, -0.25) is 19.4 Å². The van der Waals surface area contributed by atoms with Gasteiger partial charge in [0.05, 0.1) is 13.0 Å². The Bertz CT molecular complexity index is 874. The minimum atomic E-state index is -0.808. The highest BCUT2D eigenvalue weighted by Gasteiger charge is 2.27. The Balaban J connectivity index is 1.61. The lowest BCUT2D eigenvalue weighted by atomic mass is 9.96. The van der Waals surface area contributed by atoms with Crippen LogP contribution in [0.5, 0.6) is 5.75 Å². The van der Waals surface area contributed by atoms with Crippen LogP contribution in [0.25, 0.3) is 0 Å². The molecule has 3 rings (SSSR count). The third kappa shape index (κ3) is 4.46. The van der Waals surface area contributed by atoms with E-state index < -0.39 is 5.97 Å². The summed E-state index contributed by atoms with van der Waals surface area (Å²) in [6, 6.07) is 9.76. The van der Waals surface area contributed by atoms with Gasteiger partial charge in [0.1, 0.15) is 11.4 Å². The molecular formula is C20H21N3O5. The Hall–Kier alpha value is -3.42. The molecule has 1 aliphatic rings. The van der Waals surface area contributed by atoms with Crippen molar-refractivity contribution in [1.29, 1.82) is 0 Å². The van der Waals surface area contributed by atoms with Crippen molar-refractivity contribution in [3.8, 4) is 5.75 Å². The molecule has 2 heterocycles. The van der Waals surface area contributed by atoms with Gasteiger partial charge in [0.2, 0.25) is 0 Å². The van der Waals surface area contributed by atoms with Gasteiger partial charge in [-0.2, -0.15) is 0 Å². The molecule has 1 aromatic carbocycles. The smallest absolute Gasteiger partial charge is 0.306 e. The number of ether oxygens (including phenoxy) is 1.